The third-order valence-electron chi connectivity index (χ3n) is 5.81. The number of aliphatic carboxylic acids is 1. The number of rotatable bonds is 14. The molecule has 3 unspecified atom stereocenters. The molecule has 2 heterocycles. The number of H-pyrrole nitrogens is 2. The minimum atomic E-state index is -1.28. The number of aromatic nitrogens is 3. The summed E-state index contributed by atoms with van der Waals surface area (Å²) in [6, 6.07) is 3.89. The van der Waals surface area contributed by atoms with Crippen molar-refractivity contribution in [3.8, 4) is 0 Å². The summed E-state index contributed by atoms with van der Waals surface area (Å²) in [5, 5.41) is 17.8. The Morgan fingerprint density at radius 1 is 1.00 bits per heavy atom. The number of nitrogens with two attached hydrogens (primary N) is 2. The van der Waals surface area contributed by atoms with Crippen LogP contribution in [0, 0.1) is 0 Å². The molecule has 38 heavy (non-hydrogen) atoms. The van der Waals surface area contributed by atoms with Gasteiger partial charge < -0.3 is 42.5 Å². The van der Waals surface area contributed by atoms with Gasteiger partial charge in [-0.05, 0) is 18.1 Å². The van der Waals surface area contributed by atoms with E-state index >= 15 is 0 Å². The van der Waals surface area contributed by atoms with E-state index < -0.39 is 54.3 Å². The van der Waals surface area contributed by atoms with Gasteiger partial charge in [-0.15, -0.1) is 0 Å². The van der Waals surface area contributed by atoms with E-state index in [4.69, 9.17) is 11.5 Å². The van der Waals surface area contributed by atoms with Crippen LogP contribution in [0.2, 0.25) is 0 Å². The topological polar surface area (TPSA) is 238 Å². The normalized spacial score (nSPS) is 13.3. The second-order valence-electron chi connectivity index (χ2n) is 8.69. The molecule has 0 saturated heterocycles. The molecule has 1 aromatic carbocycles. The van der Waals surface area contributed by atoms with Gasteiger partial charge in [0.1, 0.15) is 12.1 Å². The van der Waals surface area contributed by atoms with Crippen molar-refractivity contribution < 1.29 is 29.1 Å². The summed E-state index contributed by atoms with van der Waals surface area (Å²) in [4.78, 5) is 70.4. The van der Waals surface area contributed by atoms with E-state index in [0.29, 0.717) is 5.69 Å². The lowest BCUT2D eigenvalue weighted by Crippen LogP contribution is -2.54. The summed E-state index contributed by atoms with van der Waals surface area (Å²) in [6.45, 7) is -0.489. The van der Waals surface area contributed by atoms with E-state index in [1.54, 1.807) is 6.20 Å². The maximum Gasteiger partial charge on any atom is 0.326 e. The van der Waals surface area contributed by atoms with E-state index in [1.165, 1.54) is 12.5 Å². The van der Waals surface area contributed by atoms with Crippen LogP contribution in [0.25, 0.3) is 10.9 Å². The van der Waals surface area contributed by atoms with Crippen LogP contribution in [0.3, 0.4) is 0 Å². The fourth-order valence-corrected chi connectivity index (χ4v) is 3.79. The highest BCUT2D eigenvalue weighted by Gasteiger charge is 2.28. The van der Waals surface area contributed by atoms with Gasteiger partial charge in [-0.3, -0.25) is 19.2 Å². The standard InChI is InChI=1S/C24H30N8O6/c25-16(5-6-20(26)33)22(35)29-11-21(34)31-18(7-13-9-28-17-4-2-1-3-15(13)17)23(36)32-19(24(37)38)8-14-10-27-12-30-14/h1-4,9-10,12,16,18-19,28H,5-8,11,25H2,(H2,26,33)(H,27,30)(H,29,35)(H,31,34)(H,32,36)(H,37,38). The number of fused-ring (bicyclic) bond motifs is 1. The molecule has 0 aliphatic rings. The number of carboxylic acids is 1. The van der Waals surface area contributed by atoms with Crippen LogP contribution in [-0.2, 0) is 36.8 Å². The number of hydrogen-bond donors (Lipinski definition) is 8. The molecule has 3 aromatic rings. The quantitative estimate of drug-likeness (QED) is 0.122. The Morgan fingerprint density at radius 2 is 1.76 bits per heavy atom. The second kappa shape index (κ2) is 13.0. The number of benzene rings is 1. The third-order valence-corrected chi connectivity index (χ3v) is 5.81. The third kappa shape index (κ3) is 7.89. The van der Waals surface area contributed by atoms with Gasteiger partial charge in [-0.25, -0.2) is 9.78 Å². The van der Waals surface area contributed by atoms with Gasteiger partial charge in [0.15, 0.2) is 0 Å². The van der Waals surface area contributed by atoms with Crippen LogP contribution in [0.1, 0.15) is 24.1 Å². The number of hydrogen-bond acceptors (Lipinski definition) is 7. The maximum absolute atomic E-state index is 13.2. The first kappa shape index (κ1) is 27.9. The number of nitrogens with zero attached hydrogens (tertiary/aromatic N) is 1. The zero-order valence-corrected chi connectivity index (χ0v) is 20.4. The molecule has 4 amide bonds. The Bertz CT molecular complexity index is 1290. The lowest BCUT2D eigenvalue weighted by molar-refractivity contribution is -0.142. The zero-order valence-electron chi connectivity index (χ0n) is 20.4. The molecular formula is C24H30N8O6. The molecule has 0 fully saturated rings. The number of para-hydroxylation sites is 1. The van der Waals surface area contributed by atoms with Crippen molar-refractivity contribution in [2.75, 3.05) is 6.54 Å². The Hall–Kier alpha value is -4.72. The largest absolute Gasteiger partial charge is 0.480 e. The van der Waals surface area contributed by atoms with Crippen LogP contribution in [0.4, 0.5) is 0 Å². The van der Waals surface area contributed by atoms with Gasteiger partial charge in [-0.1, -0.05) is 18.2 Å². The minimum absolute atomic E-state index is 0.0152. The zero-order chi connectivity index (χ0) is 27.7. The first-order valence-electron chi connectivity index (χ1n) is 11.8. The van der Waals surface area contributed by atoms with Gasteiger partial charge in [0, 0.05) is 48.3 Å². The molecule has 0 saturated carbocycles. The van der Waals surface area contributed by atoms with E-state index in [0.717, 1.165) is 16.5 Å². The molecule has 202 valence electrons. The van der Waals surface area contributed by atoms with Crippen molar-refractivity contribution in [1.29, 1.82) is 0 Å². The van der Waals surface area contributed by atoms with Crippen LogP contribution >= 0.6 is 0 Å². The molecule has 3 atom stereocenters. The highest BCUT2D eigenvalue weighted by molar-refractivity contribution is 5.93. The van der Waals surface area contributed by atoms with Crippen LogP contribution in [-0.4, -0.2) is 74.3 Å². The molecule has 0 aliphatic carbocycles. The van der Waals surface area contributed by atoms with Crippen molar-refractivity contribution in [1.82, 2.24) is 30.9 Å². The average Bonchev–Trinajstić information content (AvgIpc) is 3.55. The van der Waals surface area contributed by atoms with Gasteiger partial charge in [0.25, 0.3) is 0 Å². The van der Waals surface area contributed by atoms with Gasteiger partial charge in [-0.2, -0.15) is 0 Å². The monoisotopic (exact) mass is 526 g/mol. The lowest BCUT2D eigenvalue weighted by atomic mass is 10.0. The van der Waals surface area contributed by atoms with E-state index in [9.17, 15) is 29.1 Å². The number of primary amides is 1. The smallest absolute Gasteiger partial charge is 0.326 e. The van der Waals surface area contributed by atoms with E-state index in [2.05, 4.69) is 30.9 Å². The molecular weight excluding hydrogens is 496 g/mol. The number of amides is 4. The van der Waals surface area contributed by atoms with Crippen LogP contribution < -0.4 is 27.4 Å². The van der Waals surface area contributed by atoms with Crippen molar-refractivity contribution >= 4 is 40.5 Å². The first-order valence-corrected chi connectivity index (χ1v) is 11.8. The molecule has 2 aromatic heterocycles. The predicted molar refractivity (Wildman–Crippen MR) is 135 cm³/mol. The molecule has 3 rings (SSSR count). The summed E-state index contributed by atoms with van der Waals surface area (Å²) in [7, 11) is 0. The van der Waals surface area contributed by atoms with E-state index in [-0.39, 0.29) is 25.7 Å². The summed E-state index contributed by atoms with van der Waals surface area (Å²) in [5.41, 5.74) is 12.8. The summed E-state index contributed by atoms with van der Waals surface area (Å²) < 4.78 is 0. The number of aromatic amines is 2. The van der Waals surface area contributed by atoms with Crippen LogP contribution in [0.15, 0.2) is 43.0 Å². The maximum atomic E-state index is 13.2. The van der Waals surface area contributed by atoms with Crippen molar-refractivity contribution in [3.05, 3.63) is 54.2 Å². The number of imidazole rings is 1. The van der Waals surface area contributed by atoms with Gasteiger partial charge >= 0.3 is 5.97 Å². The van der Waals surface area contributed by atoms with Crippen LogP contribution in [0.5, 0.6) is 0 Å². The fourth-order valence-electron chi connectivity index (χ4n) is 3.79. The number of carbonyl (C=O) groups is 5. The minimum Gasteiger partial charge on any atom is -0.480 e. The SMILES string of the molecule is NC(=O)CCC(N)C(=O)NCC(=O)NC(Cc1c[nH]c2ccccc12)C(=O)NC(Cc1cnc[nH]1)C(=O)O. The lowest BCUT2D eigenvalue weighted by Gasteiger charge is -2.21. The molecule has 14 heteroatoms. The first-order chi connectivity index (χ1) is 18.1. The Kier molecular flexibility index (Phi) is 9.54. The Morgan fingerprint density at radius 3 is 2.45 bits per heavy atom. The summed E-state index contributed by atoms with van der Waals surface area (Å²) in [5.74, 6) is -3.95. The molecule has 14 nitrogen and oxygen atoms in total. The summed E-state index contributed by atoms with van der Waals surface area (Å²) >= 11 is 0. The highest BCUT2D eigenvalue weighted by atomic mass is 16.4. The molecule has 0 aliphatic heterocycles. The number of carbonyl (C=O) groups excluding carboxylic acids is 4. The van der Waals surface area contributed by atoms with E-state index in [1.807, 2.05) is 24.3 Å². The van der Waals surface area contributed by atoms with Crippen molar-refractivity contribution in [2.45, 2.75) is 43.8 Å². The van der Waals surface area contributed by atoms with Gasteiger partial charge in [0.05, 0.1) is 18.9 Å². The predicted octanol–water partition coefficient (Wildman–Crippen LogP) is -1.56. The molecule has 0 radical (unpaired) electrons. The fraction of sp³-hybridized carbons (Fsp3) is 0.333. The molecule has 10 N–H and O–H groups in total. The Labute approximate surface area is 216 Å². The number of nitrogens with one attached hydrogen (secondary N) is 5. The molecule has 0 spiro atoms. The Balaban J connectivity index is 1.70. The highest BCUT2D eigenvalue weighted by Crippen LogP contribution is 2.19. The molecule has 0 bridgehead atoms. The number of carboxylic acid groups (broad SMARTS) is 1. The second-order valence-corrected chi connectivity index (χ2v) is 8.69. The van der Waals surface area contributed by atoms with Gasteiger partial charge in [0.2, 0.25) is 23.6 Å². The van der Waals surface area contributed by atoms with Crippen molar-refractivity contribution in [2.24, 2.45) is 11.5 Å². The average molecular weight is 527 g/mol. The summed E-state index contributed by atoms with van der Waals surface area (Å²) in [6.07, 6.45) is 4.47. The van der Waals surface area contributed by atoms with Crippen molar-refractivity contribution in [3.63, 3.8) is 0 Å².